The van der Waals surface area contributed by atoms with Crippen LogP contribution in [0.25, 0.3) is 0 Å². The van der Waals surface area contributed by atoms with Gasteiger partial charge < -0.3 is 15.0 Å². The molecule has 1 unspecified atom stereocenters. The van der Waals surface area contributed by atoms with E-state index in [1.54, 1.807) is 20.2 Å². The van der Waals surface area contributed by atoms with Crippen molar-refractivity contribution in [3.05, 3.63) is 18.0 Å². The van der Waals surface area contributed by atoms with E-state index < -0.39 is 10.0 Å². The molecule has 0 aliphatic carbocycles. The Kier molecular flexibility index (Phi) is 5.80. The minimum atomic E-state index is -3.48. The normalized spacial score (nSPS) is 13.7. The number of rotatable bonds is 8. The van der Waals surface area contributed by atoms with Crippen LogP contribution < -0.4 is 10.0 Å². The molecule has 1 rings (SSSR count). The van der Waals surface area contributed by atoms with Crippen molar-refractivity contribution in [3.8, 4) is 0 Å². The Bertz CT molecular complexity index is 456. The fourth-order valence-corrected chi connectivity index (χ4v) is 2.91. The van der Waals surface area contributed by atoms with Crippen molar-refractivity contribution < 1.29 is 13.2 Å². The Morgan fingerprint density at radius 2 is 2.22 bits per heavy atom. The second-order valence-corrected chi connectivity index (χ2v) is 5.79. The molecule has 1 aromatic heterocycles. The molecule has 1 heterocycles. The highest BCUT2D eigenvalue weighted by Crippen LogP contribution is 2.11. The summed E-state index contributed by atoms with van der Waals surface area (Å²) >= 11 is 0. The number of methoxy groups -OCH3 is 1. The van der Waals surface area contributed by atoms with E-state index in [1.165, 1.54) is 6.20 Å². The van der Waals surface area contributed by atoms with Gasteiger partial charge in [0.25, 0.3) is 0 Å². The van der Waals surface area contributed by atoms with Gasteiger partial charge in [-0.2, -0.15) is 0 Å². The second kappa shape index (κ2) is 6.89. The minimum absolute atomic E-state index is 0.206. The molecule has 1 atom stereocenters. The predicted octanol–water partition coefficient (Wildman–Crippen LogP) is 0.437. The highest BCUT2D eigenvalue weighted by atomic mass is 32.2. The molecule has 0 fully saturated rings. The van der Waals surface area contributed by atoms with Crippen LogP contribution in [0.2, 0.25) is 0 Å². The Hall–Kier alpha value is -0.890. The van der Waals surface area contributed by atoms with E-state index in [-0.39, 0.29) is 10.9 Å². The number of sulfonamides is 1. The van der Waals surface area contributed by atoms with Crippen molar-refractivity contribution in [3.63, 3.8) is 0 Å². The monoisotopic (exact) mass is 275 g/mol. The van der Waals surface area contributed by atoms with Gasteiger partial charge >= 0.3 is 0 Å². The van der Waals surface area contributed by atoms with Crippen LogP contribution in [0.4, 0.5) is 0 Å². The Morgan fingerprint density at radius 3 is 2.78 bits per heavy atom. The zero-order chi connectivity index (χ0) is 13.6. The molecule has 0 bridgehead atoms. The summed E-state index contributed by atoms with van der Waals surface area (Å²) in [6.07, 6.45) is 2.18. The Labute approximate surface area is 108 Å². The lowest BCUT2D eigenvalue weighted by molar-refractivity contribution is 0.173. The number of aromatic amines is 1. The average Bonchev–Trinajstić information content (AvgIpc) is 2.78. The summed E-state index contributed by atoms with van der Waals surface area (Å²) in [6.45, 7) is 2.88. The molecule has 0 radical (unpaired) electrons. The molecule has 18 heavy (non-hydrogen) atoms. The van der Waals surface area contributed by atoms with Crippen molar-refractivity contribution in [1.29, 1.82) is 0 Å². The molecule has 0 saturated carbocycles. The van der Waals surface area contributed by atoms with Crippen molar-refractivity contribution in [1.82, 2.24) is 15.0 Å². The Morgan fingerprint density at radius 1 is 1.50 bits per heavy atom. The van der Waals surface area contributed by atoms with Crippen LogP contribution in [0.15, 0.2) is 17.2 Å². The zero-order valence-electron chi connectivity index (χ0n) is 11.0. The maximum atomic E-state index is 12.1. The van der Waals surface area contributed by atoms with Gasteiger partial charge in [0, 0.05) is 31.6 Å². The first-order valence-corrected chi connectivity index (χ1v) is 7.35. The first kappa shape index (κ1) is 15.2. The maximum absolute atomic E-state index is 12.1. The fourth-order valence-electron chi connectivity index (χ4n) is 1.59. The van der Waals surface area contributed by atoms with Gasteiger partial charge in [-0.15, -0.1) is 0 Å². The topological polar surface area (TPSA) is 83.2 Å². The van der Waals surface area contributed by atoms with Gasteiger partial charge in [-0.3, -0.25) is 0 Å². The van der Waals surface area contributed by atoms with Crippen LogP contribution in [-0.2, 0) is 21.3 Å². The van der Waals surface area contributed by atoms with Gasteiger partial charge in [-0.25, -0.2) is 13.1 Å². The van der Waals surface area contributed by atoms with Gasteiger partial charge in [0.1, 0.15) is 0 Å². The van der Waals surface area contributed by atoms with Gasteiger partial charge in [0.15, 0.2) is 0 Å². The van der Waals surface area contributed by atoms with Gasteiger partial charge in [0.05, 0.1) is 11.5 Å². The van der Waals surface area contributed by atoms with Crippen LogP contribution in [-0.4, -0.2) is 40.2 Å². The van der Waals surface area contributed by atoms with Gasteiger partial charge in [-0.05, 0) is 19.5 Å². The van der Waals surface area contributed by atoms with Gasteiger partial charge in [-0.1, -0.05) is 6.92 Å². The van der Waals surface area contributed by atoms with E-state index in [9.17, 15) is 8.42 Å². The zero-order valence-corrected chi connectivity index (χ0v) is 11.8. The van der Waals surface area contributed by atoms with Crippen LogP contribution in [0, 0.1) is 0 Å². The number of ether oxygens (including phenoxy) is 1. The molecular formula is C11H21N3O3S. The third kappa shape index (κ3) is 4.09. The van der Waals surface area contributed by atoms with E-state index in [0.717, 1.165) is 5.69 Å². The lowest BCUT2D eigenvalue weighted by Gasteiger charge is -2.15. The molecule has 1 aromatic rings. The first-order chi connectivity index (χ1) is 8.53. The molecule has 0 aromatic carbocycles. The molecular weight excluding hydrogens is 254 g/mol. The number of hydrogen-bond acceptors (Lipinski definition) is 4. The summed E-state index contributed by atoms with van der Waals surface area (Å²) in [4.78, 5) is 3.18. The Balaban J connectivity index is 2.78. The summed E-state index contributed by atoms with van der Waals surface area (Å²) in [5.41, 5.74) is 0.831. The summed E-state index contributed by atoms with van der Waals surface area (Å²) in [7, 11) is -0.122. The molecule has 0 aliphatic heterocycles. The van der Waals surface area contributed by atoms with E-state index in [1.807, 2.05) is 6.92 Å². The van der Waals surface area contributed by atoms with Crippen molar-refractivity contribution >= 4 is 10.0 Å². The molecule has 0 spiro atoms. The van der Waals surface area contributed by atoms with Crippen LogP contribution in [0.1, 0.15) is 19.0 Å². The standard InChI is InChI=1S/C11H21N3O3S/c1-4-9(8-17-3)14-18(15,16)11-5-10(6-12-2)13-7-11/h5,7,9,12-14H,4,6,8H2,1-3H3. The van der Waals surface area contributed by atoms with Crippen molar-refractivity contribution in [2.75, 3.05) is 20.8 Å². The highest BCUT2D eigenvalue weighted by Gasteiger charge is 2.20. The van der Waals surface area contributed by atoms with Crippen molar-refractivity contribution in [2.45, 2.75) is 30.8 Å². The number of hydrogen-bond donors (Lipinski definition) is 3. The molecule has 0 aliphatic rings. The van der Waals surface area contributed by atoms with E-state index in [4.69, 9.17) is 4.74 Å². The molecule has 3 N–H and O–H groups in total. The van der Waals surface area contributed by atoms with Crippen LogP contribution >= 0.6 is 0 Å². The molecule has 104 valence electrons. The molecule has 0 amide bonds. The molecule has 7 heteroatoms. The average molecular weight is 275 g/mol. The summed E-state index contributed by atoms with van der Waals surface area (Å²) in [5.74, 6) is 0. The second-order valence-electron chi connectivity index (χ2n) is 4.07. The summed E-state index contributed by atoms with van der Waals surface area (Å²) < 4.78 is 31.8. The van der Waals surface area contributed by atoms with E-state index >= 15 is 0 Å². The number of nitrogens with one attached hydrogen (secondary N) is 3. The number of aromatic nitrogens is 1. The van der Waals surface area contributed by atoms with Crippen LogP contribution in [0.5, 0.6) is 0 Å². The van der Waals surface area contributed by atoms with Crippen LogP contribution in [0.3, 0.4) is 0 Å². The quantitative estimate of drug-likeness (QED) is 0.643. The number of H-pyrrole nitrogens is 1. The molecule has 6 nitrogen and oxygen atoms in total. The maximum Gasteiger partial charge on any atom is 0.242 e. The third-order valence-electron chi connectivity index (χ3n) is 2.58. The highest BCUT2D eigenvalue weighted by molar-refractivity contribution is 7.89. The third-order valence-corrected chi connectivity index (χ3v) is 4.08. The van der Waals surface area contributed by atoms with Crippen molar-refractivity contribution in [2.24, 2.45) is 0 Å². The SMILES string of the molecule is CCC(COC)NS(=O)(=O)c1c[nH]c(CNC)c1. The van der Waals surface area contributed by atoms with E-state index in [0.29, 0.717) is 19.6 Å². The smallest absolute Gasteiger partial charge is 0.242 e. The predicted molar refractivity (Wildman–Crippen MR) is 69.8 cm³/mol. The lowest BCUT2D eigenvalue weighted by Crippen LogP contribution is -2.37. The van der Waals surface area contributed by atoms with Gasteiger partial charge in [0.2, 0.25) is 10.0 Å². The summed E-state index contributed by atoms with van der Waals surface area (Å²) in [5, 5.41) is 2.95. The van der Waals surface area contributed by atoms with E-state index in [2.05, 4.69) is 15.0 Å². The lowest BCUT2D eigenvalue weighted by atomic mass is 10.3. The fraction of sp³-hybridized carbons (Fsp3) is 0.636. The summed E-state index contributed by atoms with van der Waals surface area (Å²) in [6, 6.07) is 1.42. The first-order valence-electron chi connectivity index (χ1n) is 5.86. The molecule has 0 saturated heterocycles. The minimum Gasteiger partial charge on any atom is -0.383 e. The largest absolute Gasteiger partial charge is 0.383 e.